The van der Waals surface area contributed by atoms with Crippen molar-refractivity contribution in [2.75, 3.05) is 12.8 Å². The largest absolute Gasteiger partial charge is 0.327 e. The van der Waals surface area contributed by atoms with Crippen molar-refractivity contribution >= 4 is 22.4 Å². The van der Waals surface area contributed by atoms with E-state index in [1.165, 1.54) is 0 Å². The zero-order valence-electron chi connectivity index (χ0n) is 7.31. The molecule has 1 aliphatic heterocycles. The molecule has 80 valence electrons. The molecule has 0 aromatic carbocycles. The molecule has 0 aromatic heterocycles. The maximum absolute atomic E-state index is 13.1. The molecule has 0 saturated carbocycles. The molecule has 1 fully saturated rings. The Balaban J connectivity index is 0.00000144. The fourth-order valence-electron chi connectivity index (χ4n) is 1.29. The Morgan fingerprint density at radius 1 is 1.54 bits per heavy atom. The molecule has 0 bridgehead atoms. The molecule has 1 aliphatic rings. The van der Waals surface area contributed by atoms with Gasteiger partial charge in [0.05, 0.1) is 6.26 Å². The predicted octanol–water partition coefficient (Wildman–Crippen LogP) is 0.0865. The highest BCUT2D eigenvalue weighted by Crippen LogP contribution is 2.19. The average molecular weight is 233 g/mol. The van der Waals surface area contributed by atoms with E-state index in [0.29, 0.717) is 6.42 Å². The van der Waals surface area contributed by atoms with Crippen LogP contribution in [0.25, 0.3) is 0 Å². The van der Waals surface area contributed by atoms with Crippen LogP contribution in [0.1, 0.15) is 12.8 Å². The van der Waals surface area contributed by atoms with Gasteiger partial charge in [-0.3, -0.25) is 0 Å². The predicted molar refractivity (Wildman–Crippen MR) is 50.9 cm³/mol. The van der Waals surface area contributed by atoms with Crippen molar-refractivity contribution in [2.24, 2.45) is 5.73 Å². The van der Waals surface area contributed by atoms with Gasteiger partial charge in [0, 0.05) is 19.0 Å². The Hall–Kier alpha value is 0.0900. The smallest absolute Gasteiger partial charge is 0.213 e. The molecular formula is C6H14ClFN2O2S. The van der Waals surface area contributed by atoms with E-state index in [2.05, 4.69) is 0 Å². The summed E-state index contributed by atoms with van der Waals surface area (Å²) in [6.45, 7) is 0.196. The first kappa shape index (κ1) is 13.1. The molecule has 1 saturated heterocycles. The van der Waals surface area contributed by atoms with Gasteiger partial charge in [0.2, 0.25) is 10.0 Å². The molecule has 1 rings (SSSR count). The van der Waals surface area contributed by atoms with Gasteiger partial charge in [-0.1, -0.05) is 0 Å². The summed E-state index contributed by atoms with van der Waals surface area (Å²) in [6.07, 6.45) is 0.209. The summed E-state index contributed by atoms with van der Waals surface area (Å²) < 4.78 is 35.8. The first-order chi connectivity index (χ1) is 5.41. The van der Waals surface area contributed by atoms with Crippen LogP contribution in [-0.2, 0) is 10.0 Å². The van der Waals surface area contributed by atoms with Crippen LogP contribution in [0, 0.1) is 0 Å². The summed E-state index contributed by atoms with van der Waals surface area (Å²) in [5.41, 5.74) is 5.47. The van der Waals surface area contributed by atoms with Crippen molar-refractivity contribution in [3.05, 3.63) is 0 Å². The lowest BCUT2D eigenvalue weighted by Crippen LogP contribution is -2.47. The standard InChI is InChI=1S/C6H13FN2O2S.ClH/c1-12(10,11)9-3-2-5(8)4-6(9)7;/h5-6H,2-4,8H2,1H3;1H. The minimum atomic E-state index is -3.40. The number of halogens is 2. The van der Waals surface area contributed by atoms with Crippen LogP contribution in [-0.4, -0.2) is 37.9 Å². The van der Waals surface area contributed by atoms with Crippen LogP contribution in [0.5, 0.6) is 0 Å². The van der Waals surface area contributed by atoms with Crippen LogP contribution >= 0.6 is 12.4 Å². The van der Waals surface area contributed by atoms with E-state index in [9.17, 15) is 12.8 Å². The Morgan fingerprint density at radius 2 is 2.08 bits per heavy atom. The van der Waals surface area contributed by atoms with Crippen LogP contribution in [0.3, 0.4) is 0 Å². The molecule has 0 spiro atoms. The quantitative estimate of drug-likeness (QED) is 0.652. The Bertz CT molecular complexity index is 259. The van der Waals surface area contributed by atoms with Gasteiger partial charge in [0.25, 0.3) is 0 Å². The third kappa shape index (κ3) is 3.38. The summed E-state index contributed by atoms with van der Waals surface area (Å²) in [6, 6.07) is -0.210. The maximum atomic E-state index is 13.1. The molecule has 2 atom stereocenters. The van der Waals surface area contributed by atoms with E-state index >= 15 is 0 Å². The number of hydrogen-bond donors (Lipinski definition) is 1. The average Bonchev–Trinajstić information content (AvgIpc) is 1.83. The molecule has 13 heavy (non-hydrogen) atoms. The number of sulfonamides is 1. The monoisotopic (exact) mass is 232 g/mol. The lowest BCUT2D eigenvalue weighted by atomic mass is 10.1. The van der Waals surface area contributed by atoms with E-state index in [4.69, 9.17) is 5.73 Å². The highest BCUT2D eigenvalue weighted by atomic mass is 35.5. The number of alkyl halides is 1. The molecule has 2 N–H and O–H groups in total. The first-order valence-corrected chi connectivity index (χ1v) is 5.62. The minimum Gasteiger partial charge on any atom is -0.327 e. The van der Waals surface area contributed by atoms with Crippen molar-refractivity contribution in [3.8, 4) is 0 Å². The number of nitrogens with two attached hydrogens (primary N) is 1. The highest BCUT2D eigenvalue weighted by Gasteiger charge is 2.32. The number of piperidine rings is 1. The summed E-state index contributed by atoms with van der Waals surface area (Å²) in [7, 11) is -3.40. The van der Waals surface area contributed by atoms with E-state index in [0.717, 1.165) is 10.6 Å². The van der Waals surface area contributed by atoms with E-state index in [1.807, 2.05) is 0 Å². The Morgan fingerprint density at radius 3 is 2.46 bits per heavy atom. The van der Waals surface area contributed by atoms with Crippen molar-refractivity contribution in [1.82, 2.24) is 4.31 Å². The van der Waals surface area contributed by atoms with Crippen molar-refractivity contribution in [2.45, 2.75) is 25.2 Å². The Labute approximate surface area is 83.7 Å². The molecule has 4 nitrogen and oxygen atoms in total. The van der Waals surface area contributed by atoms with Gasteiger partial charge in [0.15, 0.2) is 6.30 Å². The summed E-state index contributed by atoms with van der Waals surface area (Å²) >= 11 is 0. The van der Waals surface area contributed by atoms with Gasteiger partial charge in [-0.15, -0.1) is 12.4 Å². The van der Waals surface area contributed by atoms with Crippen LogP contribution < -0.4 is 5.73 Å². The lowest BCUT2D eigenvalue weighted by Gasteiger charge is -2.31. The second-order valence-electron chi connectivity index (χ2n) is 3.09. The zero-order chi connectivity index (χ0) is 9.35. The summed E-state index contributed by atoms with van der Waals surface area (Å²) in [4.78, 5) is 0. The fraction of sp³-hybridized carbons (Fsp3) is 1.00. The molecule has 2 unspecified atom stereocenters. The van der Waals surface area contributed by atoms with Gasteiger partial charge in [-0.2, -0.15) is 4.31 Å². The fourth-order valence-corrected chi connectivity index (χ4v) is 2.23. The first-order valence-electron chi connectivity index (χ1n) is 3.77. The van der Waals surface area contributed by atoms with Gasteiger partial charge < -0.3 is 5.73 Å². The molecule has 0 radical (unpaired) electrons. The molecule has 1 heterocycles. The van der Waals surface area contributed by atoms with Crippen LogP contribution in [0.4, 0.5) is 4.39 Å². The van der Waals surface area contributed by atoms with Gasteiger partial charge in [0.1, 0.15) is 0 Å². The van der Waals surface area contributed by atoms with Gasteiger partial charge in [-0.25, -0.2) is 12.8 Å². The summed E-state index contributed by atoms with van der Waals surface area (Å²) in [5, 5.41) is 0. The Kier molecular flexibility index (Phi) is 4.58. The second-order valence-corrected chi connectivity index (χ2v) is 5.03. The van der Waals surface area contributed by atoms with Gasteiger partial charge in [-0.05, 0) is 6.42 Å². The molecule has 0 aliphatic carbocycles. The highest BCUT2D eigenvalue weighted by molar-refractivity contribution is 7.88. The van der Waals surface area contributed by atoms with Gasteiger partial charge >= 0.3 is 0 Å². The van der Waals surface area contributed by atoms with Crippen molar-refractivity contribution < 1.29 is 12.8 Å². The van der Waals surface area contributed by atoms with Crippen LogP contribution in [0.2, 0.25) is 0 Å². The van der Waals surface area contributed by atoms with Crippen molar-refractivity contribution in [1.29, 1.82) is 0 Å². The lowest BCUT2D eigenvalue weighted by molar-refractivity contribution is 0.111. The third-order valence-electron chi connectivity index (χ3n) is 1.96. The van der Waals surface area contributed by atoms with Crippen molar-refractivity contribution in [3.63, 3.8) is 0 Å². The molecule has 0 amide bonds. The minimum absolute atomic E-state index is 0. The van der Waals surface area contributed by atoms with Crippen LogP contribution in [0.15, 0.2) is 0 Å². The molecular weight excluding hydrogens is 219 g/mol. The zero-order valence-corrected chi connectivity index (χ0v) is 8.94. The SMILES string of the molecule is CS(=O)(=O)N1CCC(N)CC1F.Cl. The molecule has 7 heteroatoms. The van der Waals surface area contributed by atoms with E-state index in [1.54, 1.807) is 0 Å². The number of nitrogens with zero attached hydrogens (tertiary/aromatic N) is 1. The molecule has 0 aromatic rings. The maximum Gasteiger partial charge on any atom is 0.213 e. The normalized spacial score (nSPS) is 31.0. The topological polar surface area (TPSA) is 63.4 Å². The second kappa shape index (κ2) is 4.54. The van der Waals surface area contributed by atoms with E-state index < -0.39 is 16.3 Å². The van der Waals surface area contributed by atoms with E-state index in [-0.39, 0.29) is 31.4 Å². The third-order valence-corrected chi connectivity index (χ3v) is 3.22. The summed E-state index contributed by atoms with van der Waals surface area (Å²) in [5.74, 6) is 0. The number of rotatable bonds is 1. The number of hydrogen-bond acceptors (Lipinski definition) is 3.